The zero-order valence-corrected chi connectivity index (χ0v) is 12.7. The summed E-state index contributed by atoms with van der Waals surface area (Å²) >= 11 is 0. The van der Waals surface area contributed by atoms with Gasteiger partial charge in [-0.2, -0.15) is 0 Å². The van der Waals surface area contributed by atoms with E-state index >= 15 is 0 Å². The molecule has 0 aliphatic carbocycles. The molecule has 0 radical (unpaired) electrons. The molecule has 1 rings (SSSR count). The Bertz CT molecular complexity index is 456. The van der Waals surface area contributed by atoms with Gasteiger partial charge in [0.15, 0.2) is 11.5 Å². The van der Waals surface area contributed by atoms with Crippen LogP contribution in [0.3, 0.4) is 0 Å². The Balaban J connectivity index is 2.91. The maximum absolute atomic E-state index is 12.2. The van der Waals surface area contributed by atoms with Crippen molar-refractivity contribution in [3.05, 3.63) is 18.2 Å². The van der Waals surface area contributed by atoms with Crippen LogP contribution < -0.4 is 20.5 Å². The topological polar surface area (TPSA) is 73.6 Å². The Hall–Kier alpha value is -1.75. The van der Waals surface area contributed by atoms with E-state index in [0.29, 0.717) is 36.6 Å². The number of benzene rings is 1. The largest absolute Gasteiger partial charge is 0.493 e. The first kappa shape index (κ1) is 16.3. The Morgan fingerprint density at radius 1 is 1.25 bits per heavy atom. The first-order valence-corrected chi connectivity index (χ1v) is 6.91. The number of nitrogens with one attached hydrogen (secondary N) is 1. The quantitative estimate of drug-likeness (QED) is 0.805. The summed E-state index contributed by atoms with van der Waals surface area (Å²) in [4.78, 5) is 12.2. The monoisotopic (exact) mass is 280 g/mol. The SMILES string of the molecule is CCOc1ccc(NC(=O)C(N)(CC)CC)cc1OC. The van der Waals surface area contributed by atoms with Crippen LogP contribution in [0.15, 0.2) is 18.2 Å². The van der Waals surface area contributed by atoms with E-state index in [2.05, 4.69) is 5.32 Å². The molecule has 0 heterocycles. The van der Waals surface area contributed by atoms with E-state index in [0.717, 1.165) is 0 Å². The fourth-order valence-corrected chi connectivity index (χ4v) is 1.85. The molecule has 0 aromatic heterocycles. The van der Waals surface area contributed by atoms with Crippen molar-refractivity contribution in [3.63, 3.8) is 0 Å². The number of nitrogens with two attached hydrogens (primary N) is 1. The molecular formula is C15H24N2O3. The van der Waals surface area contributed by atoms with Crippen LogP contribution >= 0.6 is 0 Å². The van der Waals surface area contributed by atoms with Gasteiger partial charge in [0.05, 0.1) is 19.3 Å². The van der Waals surface area contributed by atoms with Crippen molar-refractivity contribution in [2.45, 2.75) is 39.2 Å². The third-order valence-electron chi connectivity index (χ3n) is 3.44. The van der Waals surface area contributed by atoms with Gasteiger partial charge in [-0.25, -0.2) is 0 Å². The molecule has 5 heteroatoms. The number of methoxy groups -OCH3 is 1. The number of hydrogen-bond acceptors (Lipinski definition) is 4. The number of ether oxygens (including phenoxy) is 2. The third kappa shape index (κ3) is 3.63. The summed E-state index contributed by atoms with van der Waals surface area (Å²) in [6.45, 7) is 6.27. The molecule has 1 aromatic carbocycles. The molecule has 0 bridgehead atoms. The number of hydrogen-bond donors (Lipinski definition) is 2. The van der Waals surface area contributed by atoms with Gasteiger partial charge < -0.3 is 20.5 Å². The fourth-order valence-electron chi connectivity index (χ4n) is 1.85. The van der Waals surface area contributed by atoms with Gasteiger partial charge in [0.25, 0.3) is 0 Å². The molecule has 0 saturated carbocycles. The second-order valence-corrected chi connectivity index (χ2v) is 4.62. The molecule has 0 spiro atoms. The van der Waals surface area contributed by atoms with Crippen molar-refractivity contribution < 1.29 is 14.3 Å². The molecule has 0 saturated heterocycles. The minimum atomic E-state index is -0.841. The van der Waals surface area contributed by atoms with Gasteiger partial charge in [-0.05, 0) is 31.9 Å². The Kier molecular flexibility index (Phi) is 5.82. The highest BCUT2D eigenvalue weighted by Crippen LogP contribution is 2.30. The summed E-state index contributed by atoms with van der Waals surface area (Å²) in [5.74, 6) is 1.05. The maximum atomic E-state index is 12.2. The van der Waals surface area contributed by atoms with E-state index in [1.165, 1.54) is 0 Å². The van der Waals surface area contributed by atoms with Crippen molar-refractivity contribution >= 4 is 11.6 Å². The van der Waals surface area contributed by atoms with Gasteiger partial charge in [0.2, 0.25) is 5.91 Å². The molecule has 0 atom stereocenters. The van der Waals surface area contributed by atoms with Crippen LogP contribution in [0.1, 0.15) is 33.6 Å². The third-order valence-corrected chi connectivity index (χ3v) is 3.44. The van der Waals surface area contributed by atoms with E-state index < -0.39 is 5.54 Å². The predicted molar refractivity (Wildman–Crippen MR) is 80.3 cm³/mol. The van der Waals surface area contributed by atoms with E-state index in [1.807, 2.05) is 20.8 Å². The molecule has 0 aliphatic heterocycles. The van der Waals surface area contributed by atoms with Crippen LogP contribution in [0, 0.1) is 0 Å². The van der Waals surface area contributed by atoms with Crippen molar-refractivity contribution in [1.29, 1.82) is 0 Å². The average molecular weight is 280 g/mol. The van der Waals surface area contributed by atoms with Gasteiger partial charge in [-0.1, -0.05) is 13.8 Å². The molecule has 112 valence electrons. The summed E-state index contributed by atoms with van der Waals surface area (Å²) in [7, 11) is 1.56. The average Bonchev–Trinajstić information content (AvgIpc) is 2.47. The minimum absolute atomic E-state index is 0.186. The smallest absolute Gasteiger partial charge is 0.244 e. The van der Waals surface area contributed by atoms with E-state index in [-0.39, 0.29) is 5.91 Å². The fraction of sp³-hybridized carbons (Fsp3) is 0.533. The zero-order chi connectivity index (χ0) is 15.2. The molecule has 0 fully saturated rings. The highest BCUT2D eigenvalue weighted by atomic mass is 16.5. The number of amides is 1. The highest BCUT2D eigenvalue weighted by Gasteiger charge is 2.29. The summed E-state index contributed by atoms with van der Waals surface area (Å²) in [6.07, 6.45) is 1.17. The standard InChI is InChI=1S/C15H24N2O3/c1-5-15(16,6-2)14(18)17-11-8-9-12(20-7-3)13(10-11)19-4/h8-10H,5-7,16H2,1-4H3,(H,17,18). The summed E-state index contributed by atoms with van der Waals surface area (Å²) < 4.78 is 10.7. The summed E-state index contributed by atoms with van der Waals surface area (Å²) in [5.41, 5.74) is 5.87. The van der Waals surface area contributed by atoms with Crippen molar-refractivity contribution in [2.75, 3.05) is 19.0 Å². The van der Waals surface area contributed by atoms with E-state index in [1.54, 1.807) is 25.3 Å². The number of anilines is 1. The van der Waals surface area contributed by atoms with Gasteiger partial charge in [0.1, 0.15) is 0 Å². The van der Waals surface area contributed by atoms with E-state index in [9.17, 15) is 4.79 Å². The van der Waals surface area contributed by atoms with Gasteiger partial charge >= 0.3 is 0 Å². The molecule has 3 N–H and O–H groups in total. The second-order valence-electron chi connectivity index (χ2n) is 4.62. The van der Waals surface area contributed by atoms with Crippen LogP contribution in [-0.2, 0) is 4.79 Å². The maximum Gasteiger partial charge on any atom is 0.244 e. The number of carbonyl (C=O) groups is 1. The molecule has 0 unspecified atom stereocenters. The van der Waals surface area contributed by atoms with Crippen molar-refractivity contribution in [1.82, 2.24) is 0 Å². The molecule has 0 aliphatic rings. The molecule has 20 heavy (non-hydrogen) atoms. The second kappa shape index (κ2) is 7.14. The zero-order valence-electron chi connectivity index (χ0n) is 12.7. The summed E-state index contributed by atoms with van der Waals surface area (Å²) in [5, 5.41) is 2.83. The Morgan fingerprint density at radius 2 is 1.90 bits per heavy atom. The molecular weight excluding hydrogens is 256 g/mol. The van der Waals surface area contributed by atoms with E-state index in [4.69, 9.17) is 15.2 Å². The van der Waals surface area contributed by atoms with Gasteiger partial charge in [-0.15, -0.1) is 0 Å². The Labute approximate surface area is 120 Å². The lowest BCUT2D eigenvalue weighted by Crippen LogP contribution is -2.50. The molecule has 1 aromatic rings. The van der Waals surface area contributed by atoms with Crippen molar-refractivity contribution in [2.24, 2.45) is 5.73 Å². The molecule has 5 nitrogen and oxygen atoms in total. The summed E-state index contributed by atoms with van der Waals surface area (Å²) in [6, 6.07) is 5.28. The number of rotatable bonds is 7. The van der Waals surface area contributed by atoms with Crippen LogP contribution in [0.5, 0.6) is 11.5 Å². The molecule has 1 amide bonds. The minimum Gasteiger partial charge on any atom is -0.493 e. The Morgan fingerprint density at radius 3 is 2.40 bits per heavy atom. The lowest BCUT2D eigenvalue weighted by atomic mass is 9.93. The highest BCUT2D eigenvalue weighted by molar-refractivity contribution is 5.98. The first-order chi connectivity index (χ1) is 9.50. The van der Waals surface area contributed by atoms with Gasteiger partial charge in [0, 0.05) is 11.8 Å². The van der Waals surface area contributed by atoms with Crippen molar-refractivity contribution in [3.8, 4) is 11.5 Å². The lowest BCUT2D eigenvalue weighted by molar-refractivity contribution is -0.121. The van der Waals surface area contributed by atoms with Gasteiger partial charge in [-0.3, -0.25) is 4.79 Å². The first-order valence-electron chi connectivity index (χ1n) is 6.91. The lowest BCUT2D eigenvalue weighted by Gasteiger charge is -2.25. The van der Waals surface area contributed by atoms with Crippen LogP contribution in [-0.4, -0.2) is 25.2 Å². The van der Waals surface area contributed by atoms with Crippen LogP contribution in [0.25, 0.3) is 0 Å². The normalized spacial score (nSPS) is 11.1. The predicted octanol–water partition coefficient (Wildman–Crippen LogP) is 2.55. The van der Waals surface area contributed by atoms with Crippen LogP contribution in [0.2, 0.25) is 0 Å². The number of carbonyl (C=O) groups excluding carboxylic acids is 1. The van der Waals surface area contributed by atoms with Crippen LogP contribution in [0.4, 0.5) is 5.69 Å².